The molecule has 2 aromatic rings. The summed E-state index contributed by atoms with van der Waals surface area (Å²) in [6.07, 6.45) is 5.62. The van der Waals surface area contributed by atoms with Crippen LogP contribution in [0.1, 0.15) is 5.56 Å². The van der Waals surface area contributed by atoms with Crippen molar-refractivity contribution in [3.8, 4) is 0 Å². The second-order valence-corrected chi connectivity index (χ2v) is 4.87. The lowest BCUT2D eigenvalue weighted by Gasteiger charge is -2.13. The molecular weight excluding hydrogens is 244 g/mol. The third-order valence-corrected chi connectivity index (χ3v) is 3.30. The van der Waals surface area contributed by atoms with Crippen LogP contribution in [0.15, 0.2) is 60.1 Å². The van der Waals surface area contributed by atoms with Gasteiger partial charge in [-0.15, -0.1) is 0 Å². The number of nitrogens with zero attached hydrogens (tertiary/aromatic N) is 2. The maximum atomic E-state index is 3.99. The average molecular weight is 264 g/mol. The van der Waals surface area contributed by atoms with E-state index in [1.54, 1.807) is 13.3 Å². The van der Waals surface area contributed by atoms with E-state index in [0.717, 1.165) is 11.1 Å². The summed E-state index contributed by atoms with van der Waals surface area (Å²) >= 11 is 0. The fourth-order valence-corrected chi connectivity index (χ4v) is 2.13. The van der Waals surface area contributed by atoms with E-state index < -0.39 is 0 Å². The Kier molecular flexibility index (Phi) is 4.36. The lowest BCUT2D eigenvalue weighted by molar-refractivity contribution is 1.14. The number of anilines is 1. The lowest BCUT2D eigenvalue weighted by Crippen LogP contribution is -2.07. The summed E-state index contributed by atoms with van der Waals surface area (Å²) < 4.78 is 0. The van der Waals surface area contributed by atoms with Crippen LogP contribution in [0.25, 0.3) is 16.3 Å². The summed E-state index contributed by atoms with van der Waals surface area (Å²) in [6, 6.07) is 13.0. The van der Waals surface area contributed by atoms with E-state index >= 15 is 0 Å². The first-order valence-electron chi connectivity index (χ1n) is 6.62. The Bertz CT molecular complexity index is 679. The Labute approximate surface area is 120 Å². The molecule has 0 N–H and O–H groups in total. The first kappa shape index (κ1) is 14.1. The van der Waals surface area contributed by atoms with Crippen LogP contribution in [0.4, 0.5) is 5.69 Å². The van der Waals surface area contributed by atoms with Crippen molar-refractivity contribution in [2.24, 2.45) is 4.99 Å². The predicted octanol–water partition coefficient (Wildman–Crippen LogP) is 4.18. The van der Waals surface area contributed by atoms with Gasteiger partial charge in [-0.1, -0.05) is 30.9 Å². The van der Waals surface area contributed by atoms with E-state index in [1.165, 1.54) is 16.5 Å². The highest BCUT2D eigenvalue weighted by Gasteiger charge is 2.02. The Morgan fingerprint density at radius 3 is 2.45 bits per heavy atom. The molecule has 0 saturated heterocycles. The molecule has 20 heavy (non-hydrogen) atoms. The highest BCUT2D eigenvalue weighted by molar-refractivity contribution is 5.93. The van der Waals surface area contributed by atoms with Gasteiger partial charge < -0.3 is 4.90 Å². The molecule has 102 valence electrons. The highest BCUT2D eigenvalue weighted by atomic mass is 15.1. The van der Waals surface area contributed by atoms with Crippen LogP contribution in [-0.4, -0.2) is 27.4 Å². The Balaban J connectivity index is 2.49. The number of fused-ring (bicyclic) bond motifs is 1. The standard InChI is InChI=1S/C18H20N2/c1-5-14(10-11-19-2)15-6-7-17-13-18(20(3)4)9-8-16(17)12-15/h5-13H,1H2,2-4H3/b14-10+,19-11+. The van der Waals surface area contributed by atoms with Gasteiger partial charge in [0.2, 0.25) is 0 Å². The molecule has 0 unspecified atom stereocenters. The summed E-state index contributed by atoms with van der Waals surface area (Å²) in [5.74, 6) is 0. The zero-order valence-corrected chi connectivity index (χ0v) is 12.3. The van der Waals surface area contributed by atoms with Gasteiger partial charge >= 0.3 is 0 Å². The van der Waals surface area contributed by atoms with Crippen molar-refractivity contribution in [2.45, 2.75) is 0 Å². The van der Waals surface area contributed by atoms with Gasteiger partial charge in [-0.2, -0.15) is 0 Å². The van der Waals surface area contributed by atoms with E-state index in [9.17, 15) is 0 Å². The molecule has 0 aliphatic heterocycles. The van der Waals surface area contributed by atoms with Crippen molar-refractivity contribution in [2.75, 3.05) is 26.0 Å². The van der Waals surface area contributed by atoms with Gasteiger partial charge in [-0.25, -0.2) is 0 Å². The van der Waals surface area contributed by atoms with Gasteiger partial charge in [-0.3, -0.25) is 4.99 Å². The van der Waals surface area contributed by atoms with Crippen molar-refractivity contribution in [1.29, 1.82) is 0 Å². The summed E-state index contributed by atoms with van der Waals surface area (Å²) in [4.78, 5) is 6.10. The number of hydrogen-bond acceptors (Lipinski definition) is 2. The van der Waals surface area contributed by atoms with Crippen LogP contribution in [0.3, 0.4) is 0 Å². The predicted molar refractivity (Wildman–Crippen MR) is 90.9 cm³/mol. The fourth-order valence-electron chi connectivity index (χ4n) is 2.13. The van der Waals surface area contributed by atoms with Crippen LogP contribution < -0.4 is 4.90 Å². The first-order valence-corrected chi connectivity index (χ1v) is 6.62. The summed E-state index contributed by atoms with van der Waals surface area (Å²) in [6.45, 7) is 3.87. The van der Waals surface area contributed by atoms with E-state index in [4.69, 9.17) is 0 Å². The maximum absolute atomic E-state index is 3.99. The molecule has 0 fully saturated rings. The van der Waals surface area contributed by atoms with E-state index in [-0.39, 0.29) is 0 Å². The smallest absolute Gasteiger partial charge is 0.0367 e. The monoisotopic (exact) mass is 264 g/mol. The van der Waals surface area contributed by atoms with Crippen LogP contribution in [-0.2, 0) is 0 Å². The fraction of sp³-hybridized carbons (Fsp3) is 0.167. The molecule has 2 heteroatoms. The molecule has 0 aromatic heterocycles. The van der Waals surface area contributed by atoms with Gasteiger partial charge in [0.15, 0.2) is 0 Å². The first-order chi connectivity index (χ1) is 9.65. The van der Waals surface area contributed by atoms with Crippen LogP contribution in [0.2, 0.25) is 0 Å². The minimum Gasteiger partial charge on any atom is -0.378 e. The molecule has 0 heterocycles. The van der Waals surface area contributed by atoms with Crippen LogP contribution in [0, 0.1) is 0 Å². The Morgan fingerprint density at radius 1 is 1.10 bits per heavy atom. The topological polar surface area (TPSA) is 15.6 Å². The number of aliphatic imine (C=N–C) groups is 1. The van der Waals surface area contributed by atoms with Crippen molar-refractivity contribution in [3.05, 3.63) is 60.7 Å². The van der Waals surface area contributed by atoms with Crippen LogP contribution in [0.5, 0.6) is 0 Å². The number of rotatable bonds is 4. The van der Waals surface area contributed by atoms with Gasteiger partial charge in [0, 0.05) is 33.0 Å². The number of hydrogen-bond donors (Lipinski definition) is 0. The second kappa shape index (κ2) is 6.20. The van der Waals surface area contributed by atoms with Crippen molar-refractivity contribution < 1.29 is 0 Å². The van der Waals surface area contributed by atoms with Crippen molar-refractivity contribution in [1.82, 2.24) is 0 Å². The van der Waals surface area contributed by atoms with Gasteiger partial charge in [0.1, 0.15) is 0 Å². The largest absolute Gasteiger partial charge is 0.378 e. The van der Waals surface area contributed by atoms with Crippen LogP contribution >= 0.6 is 0 Å². The molecule has 0 amide bonds. The van der Waals surface area contributed by atoms with Crippen molar-refractivity contribution >= 4 is 28.2 Å². The highest BCUT2D eigenvalue weighted by Crippen LogP contribution is 2.25. The molecule has 0 spiro atoms. The minimum absolute atomic E-state index is 1.08. The summed E-state index contributed by atoms with van der Waals surface area (Å²) in [7, 11) is 5.87. The van der Waals surface area contributed by atoms with Gasteiger partial charge in [0.25, 0.3) is 0 Å². The van der Waals surface area contributed by atoms with E-state index in [2.05, 4.69) is 67.0 Å². The maximum Gasteiger partial charge on any atom is 0.0367 e. The van der Waals surface area contributed by atoms with Gasteiger partial charge in [-0.05, 0) is 46.2 Å². The number of benzene rings is 2. The van der Waals surface area contributed by atoms with E-state index in [0.29, 0.717) is 0 Å². The lowest BCUT2D eigenvalue weighted by atomic mass is 10.0. The van der Waals surface area contributed by atoms with E-state index in [1.807, 2.05) is 12.2 Å². The molecule has 0 aliphatic carbocycles. The number of allylic oxidation sites excluding steroid dienone is 3. The molecule has 2 aromatic carbocycles. The van der Waals surface area contributed by atoms with Crippen molar-refractivity contribution in [3.63, 3.8) is 0 Å². The summed E-state index contributed by atoms with van der Waals surface area (Å²) in [5.41, 5.74) is 3.45. The van der Waals surface area contributed by atoms with Gasteiger partial charge in [0.05, 0.1) is 0 Å². The molecule has 2 nitrogen and oxygen atoms in total. The zero-order valence-electron chi connectivity index (χ0n) is 12.3. The molecule has 0 radical (unpaired) electrons. The molecule has 0 bridgehead atoms. The molecule has 0 aliphatic rings. The minimum atomic E-state index is 1.08. The summed E-state index contributed by atoms with van der Waals surface area (Å²) in [5, 5.41) is 2.47. The zero-order chi connectivity index (χ0) is 14.5. The normalized spacial score (nSPS) is 12.1. The third kappa shape index (κ3) is 2.97. The molecular formula is C18H20N2. The Morgan fingerprint density at radius 2 is 1.80 bits per heavy atom. The Hall–Kier alpha value is -2.35. The SMILES string of the molecule is C=C/C(=C\C=N\C)c1ccc2cc(N(C)C)ccc2c1. The molecule has 0 saturated carbocycles. The average Bonchev–Trinajstić information content (AvgIpc) is 2.47. The second-order valence-electron chi connectivity index (χ2n) is 4.87. The molecule has 0 atom stereocenters. The third-order valence-electron chi connectivity index (χ3n) is 3.30. The quantitative estimate of drug-likeness (QED) is 0.597. The molecule has 2 rings (SSSR count).